The third kappa shape index (κ3) is 2.06. The second-order valence-electron chi connectivity index (χ2n) is 4.19. The molecule has 2 aromatic rings. The van der Waals surface area contributed by atoms with Gasteiger partial charge in [0, 0.05) is 18.1 Å². The Morgan fingerprint density at radius 2 is 2.00 bits per heavy atom. The number of nitrogens with two attached hydrogens (primary N) is 1. The van der Waals surface area contributed by atoms with E-state index in [4.69, 9.17) is 5.73 Å². The summed E-state index contributed by atoms with van der Waals surface area (Å²) in [6, 6.07) is 7.53. The lowest BCUT2D eigenvalue weighted by atomic mass is 10.1. The average molecular weight is 229 g/mol. The molecule has 0 saturated heterocycles. The van der Waals surface area contributed by atoms with E-state index in [0.717, 1.165) is 16.5 Å². The average Bonchev–Trinajstić information content (AvgIpc) is 2.27. The number of aromatic nitrogens is 1. The van der Waals surface area contributed by atoms with E-state index in [-0.39, 0.29) is 0 Å². The fraction of sp³-hybridized carbons (Fsp3) is 0.231. The molecule has 1 aromatic heterocycles. The second kappa shape index (κ2) is 4.05. The molecule has 0 unspecified atom stereocenters. The number of fused-ring (bicyclic) bond motifs is 1. The van der Waals surface area contributed by atoms with Crippen molar-refractivity contribution in [3.05, 3.63) is 35.5 Å². The molecule has 0 atom stereocenters. The summed E-state index contributed by atoms with van der Waals surface area (Å²) in [6.45, 7) is 3.96. The summed E-state index contributed by atoms with van der Waals surface area (Å²) in [6.07, 6.45) is 0. The number of pyridine rings is 1. The van der Waals surface area contributed by atoms with Crippen LogP contribution in [0.3, 0.4) is 0 Å². The van der Waals surface area contributed by atoms with E-state index in [0.29, 0.717) is 5.82 Å². The number of amides is 2. The van der Waals surface area contributed by atoms with E-state index in [2.05, 4.69) is 17.1 Å². The minimum Gasteiger partial charge on any atom is -0.351 e. The smallest absolute Gasteiger partial charge is 0.320 e. The first-order chi connectivity index (χ1) is 7.99. The zero-order valence-electron chi connectivity index (χ0n) is 10.2. The molecular formula is C13H15N3O. The normalized spacial score (nSPS) is 10.5. The maximum Gasteiger partial charge on any atom is 0.320 e. The minimum absolute atomic E-state index is 0.510. The lowest BCUT2D eigenvalue weighted by Gasteiger charge is -2.15. The first-order valence-electron chi connectivity index (χ1n) is 5.40. The maximum absolute atomic E-state index is 11.1. The van der Waals surface area contributed by atoms with Crippen molar-refractivity contribution >= 4 is 22.6 Å². The summed E-state index contributed by atoms with van der Waals surface area (Å²) in [5.74, 6) is 0.577. The van der Waals surface area contributed by atoms with Crippen molar-refractivity contribution < 1.29 is 4.79 Å². The number of aryl methyl sites for hydroxylation is 2. The van der Waals surface area contributed by atoms with Crippen LogP contribution in [0.4, 0.5) is 10.6 Å². The lowest BCUT2D eigenvalue weighted by molar-refractivity contribution is 0.255. The highest BCUT2D eigenvalue weighted by molar-refractivity contribution is 5.93. The molecule has 0 spiro atoms. The summed E-state index contributed by atoms with van der Waals surface area (Å²) in [5.41, 5.74) is 7.31. The molecule has 2 N–H and O–H groups in total. The molecule has 88 valence electrons. The molecule has 1 heterocycles. The molecule has 0 saturated carbocycles. The van der Waals surface area contributed by atoms with Gasteiger partial charge >= 0.3 is 6.03 Å². The van der Waals surface area contributed by atoms with E-state index in [1.54, 1.807) is 7.05 Å². The Labute approximate surface area is 100 Å². The fourth-order valence-corrected chi connectivity index (χ4v) is 1.82. The predicted octanol–water partition coefficient (Wildman–Crippen LogP) is 2.37. The van der Waals surface area contributed by atoms with Gasteiger partial charge in [-0.15, -0.1) is 0 Å². The summed E-state index contributed by atoms with van der Waals surface area (Å²) in [7, 11) is 1.62. The predicted molar refractivity (Wildman–Crippen MR) is 69.2 cm³/mol. The van der Waals surface area contributed by atoms with Crippen LogP contribution in [0.15, 0.2) is 24.3 Å². The monoisotopic (exact) mass is 229 g/mol. The van der Waals surface area contributed by atoms with Crippen molar-refractivity contribution in [2.24, 2.45) is 5.73 Å². The number of hydrogen-bond acceptors (Lipinski definition) is 2. The van der Waals surface area contributed by atoms with Crippen LogP contribution < -0.4 is 10.6 Å². The Hall–Kier alpha value is -2.10. The summed E-state index contributed by atoms with van der Waals surface area (Å²) < 4.78 is 0. The zero-order valence-corrected chi connectivity index (χ0v) is 10.2. The lowest BCUT2D eigenvalue weighted by Crippen LogP contribution is -2.32. The maximum atomic E-state index is 11.1. The Balaban J connectivity index is 2.65. The molecule has 0 radical (unpaired) electrons. The quantitative estimate of drug-likeness (QED) is 0.816. The highest BCUT2D eigenvalue weighted by Crippen LogP contribution is 2.23. The van der Waals surface area contributed by atoms with Crippen molar-refractivity contribution in [2.75, 3.05) is 11.9 Å². The molecule has 0 fully saturated rings. The molecule has 2 amide bonds. The number of anilines is 1. The van der Waals surface area contributed by atoms with Gasteiger partial charge in [0.25, 0.3) is 0 Å². The van der Waals surface area contributed by atoms with Crippen molar-refractivity contribution in [3.63, 3.8) is 0 Å². The molecule has 0 aliphatic rings. The Morgan fingerprint density at radius 3 is 2.65 bits per heavy atom. The van der Waals surface area contributed by atoms with Gasteiger partial charge < -0.3 is 5.73 Å². The van der Waals surface area contributed by atoms with Crippen molar-refractivity contribution in [2.45, 2.75) is 13.8 Å². The van der Waals surface area contributed by atoms with Gasteiger partial charge in [-0.3, -0.25) is 4.90 Å². The van der Waals surface area contributed by atoms with Gasteiger partial charge in [0.15, 0.2) is 0 Å². The molecular weight excluding hydrogens is 214 g/mol. The van der Waals surface area contributed by atoms with E-state index in [1.165, 1.54) is 10.5 Å². The van der Waals surface area contributed by atoms with Crippen LogP contribution in [0.1, 0.15) is 11.3 Å². The molecule has 17 heavy (non-hydrogen) atoms. The molecule has 4 nitrogen and oxygen atoms in total. The van der Waals surface area contributed by atoms with E-state index in [1.807, 2.05) is 26.0 Å². The van der Waals surface area contributed by atoms with Crippen molar-refractivity contribution in [1.82, 2.24) is 4.98 Å². The Kier molecular flexibility index (Phi) is 2.71. The minimum atomic E-state index is -0.510. The van der Waals surface area contributed by atoms with Crippen LogP contribution in [0, 0.1) is 13.8 Å². The van der Waals surface area contributed by atoms with Crippen LogP contribution in [0.25, 0.3) is 10.8 Å². The number of benzene rings is 1. The van der Waals surface area contributed by atoms with Gasteiger partial charge in [0.05, 0.1) is 0 Å². The van der Waals surface area contributed by atoms with Crippen LogP contribution in [-0.4, -0.2) is 18.1 Å². The largest absolute Gasteiger partial charge is 0.351 e. The fourth-order valence-electron chi connectivity index (χ4n) is 1.82. The van der Waals surface area contributed by atoms with Crippen molar-refractivity contribution in [3.8, 4) is 0 Å². The summed E-state index contributed by atoms with van der Waals surface area (Å²) >= 11 is 0. The first kappa shape index (κ1) is 11.4. The molecule has 0 bridgehead atoms. The standard InChI is InChI=1S/C13H15N3O/c1-8-4-5-11-9(2)15-12(7-10(11)6-8)16(3)13(14)17/h4-7H,1-3H3,(H2,14,17). The summed E-state index contributed by atoms with van der Waals surface area (Å²) in [5, 5.41) is 2.16. The van der Waals surface area contributed by atoms with Gasteiger partial charge in [0.2, 0.25) is 0 Å². The van der Waals surface area contributed by atoms with E-state index in [9.17, 15) is 4.79 Å². The number of carbonyl (C=O) groups excluding carboxylic acids is 1. The SMILES string of the molecule is Cc1ccc2c(C)nc(N(C)C(N)=O)cc2c1. The van der Waals surface area contributed by atoms with E-state index >= 15 is 0 Å². The topological polar surface area (TPSA) is 59.2 Å². The first-order valence-corrected chi connectivity index (χ1v) is 5.40. The number of hydrogen-bond donors (Lipinski definition) is 1. The Bertz CT molecular complexity index is 592. The third-order valence-corrected chi connectivity index (χ3v) is 2.84. The van der Waals surface area contributed by atoms with Gasteiger partial charge in [-0.25, -0.2) is 9.78 Å². The van der Waals surface area contributed by atoms with Gasteiger partial charge in [-0.2, -0.15) is 0 Å². The van der Waals surface area contributed by atoms with E-state index < -0.39 is 6.03 Å². The van der Waals surface area contributed by atoms with Gasteiger partial charge in [-0.1, -0.05) is 23.8 Å². The summed E-state index contributed by atoms with van der Waals surface area (Å²) in [4.78, 5) is 16.8. The molecule has 0 aliphatic heterocycles. The second-order valence-corrected chi connectivity index (χ2v) is 4.19. The molecule has 4 heteroatoms. The van der Waals surface area contributed by atoms with Crippen LogP contribution in [0.5, 0.6) is 0 Å². The zero-order chi connectivity index (χ0) is 12.6. The highest BCUT2D eigenvalue weighted by atomic mass is 16.2. The highest BCUT2D eigenvalue weighted by Gasteiger charge is 2.10. The number of primary amides is 1. The number of carbonyl (C=O) groups is 1. The molecule has 0 aliphatic carbocycles. The van der Waals surface area contributed by atoms with Gasteiger partial charge in [0.1, 0.15) is 5.82 Å². The van der Waals surface area contributed by atoms with Crippen LogP contribution >= 0.6 is 0 Å². The number of rotatable bonds is 1. The molecule has 1 aromatic carbocycles. The number of urea groups is 1. The number of nitrogens with zero attached hydrogens (tertiary/aromatic N) is 2. The third-order valence-electron chi connectivity index (χ3n) is 2.84. The van der Waals surface area contributed by atoms with Crippen molar-refractivity contribution in [1.29, 1.82) is 0 Å². The van der Waals surface area contributed by atoms with Gasteiger partial charge in [-0.05, 0) is 25.3 Å². The van der Waals surface area contributed by atoms with Crippen LogP contribution in [0.2, 0.25) is 0 Å². The molecule has 2 rings (SSSR count). The Morgan fingerprint density at radius 1 is 1.29 bits per heavy atom. The van der Waals surface area contributed by atoms with Crippen LogP contribution in [-0.2, 0) is 0 Å².